The molecule has 0 spiro atoms. The van der Waals surface area contributed by atoms with E-state index in [1.54, 1.807) is 48.5 Å². The van der Waals surface area contributed by atoms with Gasteiger partial charge < -0.3 is 14.8 Å². The van der Waals surface area contributed by atoms with E-state index in [-0.39, 0.29) is 0 Å². The number of aromatic nitrogens is 3. The monoisotopic (exact) mass is 382 g/mol. The number of rotatable bonds is 5. The quantitative estimate of drug-likeness (QED) is 0.711. The Morgan fingerprint density at radius 3 is 2.32 bits per heavy atom. The molecule has 0 aliphatic rings. The van der Waals surface area contributed by atoms with Crippen LogP contribution in [0.1, 0.15) is 10.5 Å². The Kier molecular flexibility index (Phi) is 5.25. The Bertz CT molecular complexity index is 1130. The lowest BCUT2D eigenvalue weighted by Crippen LogP contribution is -2.43. The number of carbonyl (C=O) groups excluding carboxylic acids is 1. The molecule has 28 heavy (non-hydrogen) atoms. The van der Waals surface area contributed by atoms with Crippen LogP contribution in [-0.4, -0.2) is 34.5 Å². The smallest absolute Gasteiger partial charge is 0.351 e. The first-order valence-corrected chi connectivity index (χ1v) is 8.25. The summed E-state index contributed by atoms with van der Waals surface area (Å²) < 4.78 is 12.1. The van der Waals surface area contributed by atoms with Crippen LogP contribution in [-0.2, 0) is 7.05 Å². The molecule has 0 aliphatic carbocycles. The van der Waals surface area contributed by atoms with Crippen molar-refractivity contribution in [2.75, 3.05) is 19.5 Å². The topological polar surface area (TPSA) is 104 Å². The van der Waals surface area contributed by atoms with Gasteiger partial charge in [0.25, 0.3) is 11.5 Å². The number of carbonyl (C=O) groups is 1. The molecule has 0 bridgehead atoms. The molecular weight excluding hydrogens is 364 g/mol. The number of nitrogens with zero attached hydrogens (tertiary/aromatic N) is 3. The highest BCUT2D eigenvalue weighted by Gasteiger charge is 2.20. The van der Waals surface area contributed by atoms with E-state index >= 15 is 0 Å². The molecule has 1 N–H and O–H groups in total. The highest BCUT2D eigenvalue weighted by molar-refractivity contribution is 6.03. The molecule has 0 radical (unpaired) electrons. The predicted octanol–water partition coefficient (Wildman–Crippen LogP) is 1.20. The fourth-order valence-electron chi connectivity index (χ4n) is 2.54. The van der Waals surface area contributed by atoms with Crippen molar-refractivity contribution in [1.29, 1.82) is 0 Å². The molecule has 9 heteroatoms. The van der Waals surface area contributed by atoms with Crippen LogP contribution in [0.2, 0.25) is 0 Å². The van der Waals surface area contributed by atoms with Gasteiger partial charge in [-0.2, -0.15) is 9.78 Å². The molecule has 0 unspecified atom stereocenters. The summed E-state index contributed by atoms with van der Waals surface area (Å²) in [6, 6.07) is 13.2. The summed E-state index contributed by atoms with van der Waals surface area (Å²) >= 11 is 0. The van der Waals surface area contributed by atoms with Gasteiger partial charge in [0.1, 0.15) is 11.5 Å². The Balaban J connectivity index is 2.06. The summed E-state index contributed by atoms with van der Waals surface area (Å²) in [5.74, 6) is 0.263. The molecule has 0 saturated carbocycles. The number of methoxy groups -OCH3 is 2. The standard InChI is InChI=1S/C19H18N4O5/c1-22-18(25)16(17(24)20-14-6-4-5-7-15(14)28-3)21-23(19(22)26)12-8-10-13(27-2)11-9-12/h4-11H,1-3H3,(H,20,24). The van der Waals surface area contributed by atoms with E-state index in [9.17, 15) is 14.4 Å². The van der Waals surface area contributed by atoms with E-state index in [0.29, 0.717) is 22.9 Å². The summed E-state index contributed by atoms with van der Waals surface area (Å²) in [5.41, 5.74) is -1.15. The zero-order valence-corrected chi connectivity index (χ0v) is 15.5. The minimum Gasteiger partial charge on any atom is -0.497 e. The number of nitrogens with one attached hydrogen (secondary N) is 1. The maximum absolute atomic E-state index is 12.7. The summed E-state index contributed by atoms with van der Waals surface area (Å²) in [7, 11) is 4.27. The molecule has 0 aliphatic heterocycles. The molecule has 9 nitrogen and oxygen atoms in total. The predicted molar refractivity (Wildman–Crippen MR) is 103 cm³/mol. The van der Waals surface area contributed by atoms with Crippen molar-refractivity contribution >= 4 is 11.6 Å². The first-order valence-electron chi connectivity index (χ1n) is 8.25. The van der Waals surface area contributed by atoms with Crippen molar-refractivity contribution in [3.63, 3.8) is 0 Å². The van der Waals surface area contributed by atoms with Gasteiger partial charge in [-0.05, 0) is 36.4 Å². The number of ether oxygens (including phenoxy) is 2. The van der Waals surface area contributed by atoms with Crippen molar-refractivity contribution in [2.45, 2.75) is 0 Å². The van der Waals surface area contributed by atoms with Gasteiger partial charge >= 0.3 is 5.69 Å². The number of hydrogen-bond donors (Lipinski definition) is 1. The SMILES string of the molecule is COc1ccc(-n2nc(C(=O)Nc3ccccc3OC)c(=O)n(C)c2=O)cc1. The highest BCUT2D eigenvalue weighted by Crippen LogP contribution is 2.23. The zero-order valence-electron chi connectivity index (χ0n) is 15.5. The van der Waals surface area contributed by atoms with Crippen molar-refractivity contribution in [3.8, 4) is 17.2 Å². The van der Waals surface area contributed by atoms with Crippen LogP contribution in [0.25, 0.3) is 5.69 Å². The second kappa shape index (κ2) is 7.78. The lowest BCUT2D eigenvalue weighted by molar-refractivity contribution is 0.101. The second-order valence-corrected chi connectivity index (χ2v) is 5.76. The molecule has 1 heterocycles. The van der Waals surface area contributed by atoms with Gasteiger partial charge in [0.05, 0.1) is 25.6 Å². The van der Waals surface area contributed by atoms with E-state index in [1.165, 1.54) is 21.3 Å². The normalized spacial score (nSPS) is 10.4. The van der Waals surface area contributed by atoms with E-state index in [4.69, 9.17) is 9.47 Å². The maximum atomic E-state index is 12.7. The Labute approximate surface area is 159 Å². The van der Waals surface area contributed by atoms with Crippen LogP contribution in [0, 0.1) is 0 Å². The minimum absolute atomic E-state index is 0.376. The van der Waals surface area contributed by atoms with Crippen LogP contribution in [0.3, 0.4) is 0 Å². The Hall–Kier alpha value is -3.88. The van der Waals surface area contributed by atoms with E-state index in [1.807, 2.05) is 0 Å². The van der Waals surface area contributed by atoms with Crippen LogP contribution in [0.15, 0.2) is 58.1 Å². The van der Waals surface area contributed by atoms with Gasteiger partial charge in [-0.25, -0.2) is 4.79 Å². The largest absolute Gasteiger partial charge is 0.497 e. The van der Waals surface area contributed by atoms with E-state index < -0.39 is 22.9 Å². The number of anilines is 1. The van der Waals surface area contributed by atoms with E-state index in [0.717, 1.165) is 9.25 Å². The summed E-state index contributed by atoms with van der Waals surface area (Å²) in [6.45, 7) is 0. The average molecular weight is 382 g/mol. The molecule has 0 saturated heterocycles. The molecule has 2 aromatic carbocycles. The van der Waals surface area contributed by atoms with Crippen LogP contribution in [0.4, 0.5) is 5.69 Å². The second-order valence-electron chi connectivity index (χ2n) is 5.76. The van der Waals surface area contributed by atoms with Crippen molar-refractivity contribution in [2.24, 2.45) is 7.05 Å². The molecule has 0 fully saturated rings. The maximum Gasteiger partial charge on any atom is 0.351 e. The molecular formula is C19H18N4O5. The van der Waals surface area contributed by atoms with Gasteiger partial charge in [-0.3, -0.25) is 14.2 Å². The number of hydrogen-bond acceptors (Lipinski definition) is 6. The minimum atomic E-state index is -0.804. The molecule has 144 valence electrons. The molecule has 1 aromatic heterocycles. The van der Waals surface area contributed by atoms with Crippen LogP contribution in [0.5, 0.6) is 11.5 Å². The summed E-state index contributed by atoms with van der Waals surface area (Å²) in [5, 5.41) is 6.57. The van der Waals surface area contributed by atoms with Crippen LogP contribution >= 0.6 is 0 Å². The number of benzene rings is 2. The molecule has 3 aromatic rings. The third-order valence-electron chi connectivity index (χ3n) is 4.06. The van der Waals surface area contributed by atoms with Crippen LogP contribution < -0.4 is 26.0 Å². The lowest BCUT2D eigenvalue weighted by Gasteiger charge is -2.11. The third-order valence-corrected chi connectivity index (χ3v) is 4.06. The van der Waals surface area contributed by atoms with Gasteiger partial charge in [0, 0.05) is 7.05 Å². The summed E-state index contributed by atoms with van der Waals surface area (Å²) in [4.78, 5) is 37.6. The van der Waals surface area contributed by atoms with Crippen molar-refractivity contribution in [1.82, 2.24) is 14.3 Å². The molecule has 1 amide bonds. The first kappa shape index (κ1) is 18.9. The first-order chi connectivity index (χ1) is 13.5. The number of amides is 1. The van der Waals surface area contributed by atoms with Crippen molar-refractivity contribution < 1.29 is 14.3 Å². The van der Waals surface area contributed by atoms with Gasteiger partial charge in [0.2, 0.25) is 5.69 Å². The lowest BCUT2D eigenvalue weighted by atomic mass is 10.3. The highest BCUT2D eigenvalue weighted by atomic mass is 16.5. The fourth-order valence-corrected chi connectivity index (χ4v) is 2.54. The average Bonchev–Trinajstić information content (AvgIpc) is 2.72. The van der Waals surface area contributed by atoms with Gasteiger partial charge in [-0.1, -0.05) is 12.1 Å². The summed E-state index contributed by atoms with van der Waals surface area (Å²) in [6.07, 6.45) is 0. The van der Waals surface area contributed by atoms with Gasteiger partial charge in [-0.15, -0.1) is 0 Å². The number of para-hydroxylation sites is 2. The molecule has 0 atom stereocenters. The van der Waals surface area contributed by atoms with Gasteiger partial charge in [0.15, 0.2) is 0 Å². The fraction of sp³-hybridized carbons (Fsp3) is 0.158. The zero-order chi connectivity index (χ0) is 20.3. The third kappa shape index (κ3) is 3.50. The van der Waals surface area contributed by atoms with Crippen molar-refractivity contribution in [3.05, 3.63) is 75.1 Å². The molecule has 3 rings (SSSR count). The Morgan fingerprint density at radius 1 is 1.00 bits per heavy atom. The van der Waals surface area contributed by atoms with E-state index in [2.05, 4.69) is 10.4 Å². The Morgan fingerprint density at radius 2 is 1.68 bits per heavy atom.